The molecule has 2 aliphatic heterocycles. The van der Waals surface area contributed by atoms with Crippen molar-refractivity contribution in [1.82, 2.24) is 14.8 Å². The summed E-state index contributed by atoms with van der Waals surface area (Å²) in [6.07, 6.45) is 2.40. The van der Waals surface area contributed by atoms with Gasteiger partial charge in [-0.15, -0.1) is 0 Å². The first-order valence-electron chi connectivity index (χ1n) is 10.8. The fourth-order valence-corrected chi connectivity index (χ4v) is 4.45. The molecule has 0 bridgehead atoms. The second-order valence-electron chi connectivity index (χ2n) is 8.56. The minimum absolute atomic E-state index is 0.655. The third kappa shape index (κ3) is 4.95. The molecule has 0 radical (unpaired) electrons. The van der Waals surface area contributed by atoms with E-state index in [1.807, 2.05) is 12.1 Å². The first-order chi connectivity index (χ1) is 13.5. The van der Waals surface area contributed by atoms with Crippen LogP contribution in [0.25, 0.3) is 0 Å². The first-order valence-corrected chi connectivity index (χ1v) is 10.8. The van der Waals surface area contributed by atoms with Crippen LogP contribution in [-0.2, 0) is 0 Å². The monoisotopic (exact) mass is 384 g/mol. The zero-order valence-corrected chi connectivity index (χ0v) is 18.1. The highest BCUT2D eigenvalue weighted by molar-refractivity contribution is 5.59. The summed E-state index contributed by atoms with van der Waals surface area (Å²) in [6, 6.07) is 6.36. The number of hydrogen-bond acceptors (Lipinski definition) is 6. The van der Waals surface area contributed by atoms with Crippen LogP contribution < -0.4 is 9.80 Å². The van der Waals surface area contributed by atoms with Crippen LogP contribution in [0.5, 0.6) is 0 Å². The van der Waals surface area contributed by atoms with Crippen LogP contribution in [0, 0.1) is 23.2 Å². The average Bonchev–Trinajstić information content (AvgIpc) is 3.37. The number of pyridine rings is 1. The third-order valence-corrected chi connectivity index (χ3v) is 6.40. The average molecular weight is 385 g/mol. The lowest BCUT2D eigenvalue weighted by atomic mass is 10.1. The van der Waals surface area contributed by atoms with Gasteiger partial charge >= 0.3 is 0 Å². The molecule has 3 heterocycles. The summed E-state index contributed by atoms with van der Waals surface area (Å²) in [4.78, 5) is 14.5. The molecule has 2 atom stereocenters. The summed E-state index contributed by atoms with van der Waals surface area (Å²) >= 11 is 0. The summed E-state index contributed by atoms with van der Waals surface area (Å²) in [7, 11) is 4.38. The molecule has 0 N–H and O–H groups in total. The van der Waals surface area contributed by atoms with E-state index in [1.54, 1.807) is 0 Å². The summed E-state index contributed by atoms with van der Waals surface area (Å²) in [6.45, 7) is 13.0. The maximum absolute atomic E-state index is 9.61. The number of aromatic nitrogens is 1. The smallest absolute Gasteiger partial charge is 0.148 e. The number of hydrogen-bond donors (Lipinski definition) is 0. The molecule has 0 saturated carbocycles. The standard InChI is InChI=1S/C22H36N6/c1-5-25(3)14-18-9-11-27(16-18)21-8-7-20(13-23)22(24-21)28-12-10-19(17-28)15-26(4)6-2/h7-8,18-19H,5-6,9-12,14-17H2,1-4H3/t18-,19-/m1/s1. The van der Waals surface area contributed by atoms with Crippen LogP contribution in [0.4, 0.5) is 11.6 Å². The molecule has 0 aromatic carbocycles. The molecule has 2 saturated heterocycles. The van der Waals surface area contributed by atoms with Gasteiger partial charge in [-0.2, -0.15) is 5.26 Å². The highest BCUT2D eigenvalue weighted by atomic mass is 15.3. The minimum atomic E-state index is 0.655. The Kier molecular flexibility index (Phi) is 7.14. The van der Waals surface area contributed by atoms with Gasteiger partial charge in [0.05, 0.1) is 5.56 Å². The van der Waals surface area contributed by atoms with Gasteiger partial charge in [0.15, 0.2) is 0 Å². The molecule has 154 valence electrons. The molecule has 0 spiro atoms. The van der Waals surface area contributed by atoms with Crippen molar-refractivity contribution < 1.29 is 0 Å². The van der Waals surface area contributed by atoms with Crippen LogP contribution in [0.3, 0.4) is 0 Å². The fourth-order valence-electron chi connectivity index (χ4n) is 4.45. The molecule has 3 rings (SSSR count). The van der Waals surface area contributed by atoms with E-state index in [1.165, 1.54) is 12.8 Å². The fraction of sp³-hybridized carbons (Fsp3) is 0.727. The molecule has 0 amide bonds. The summed E-state index contributed by atoms with van der Waals surface area (Å²) in [5, 5.41) is 9.61. The van der Waals surface area contributed by atoms with Crippen molar-refractivity contribution in [2.24, 2.45) is 11.8 Å². The molecular formula is C22H36N6. The molecule has 2 aliphatic rings. The molecule has 2 fully saturated rings. The van der Waals surface area contributed by atoms with Crippen molar-refractivity contribution in [2.75, 3.05) is 76.3 Å². The van der Waals surface area contributed by atoms with Gasteiger partial charge in [0.2, 0.25) is 0 Å². The summed E-state index contributed by atoms with van der Waals surface area (Å²) < 4.78 is 0. The zero-order chi connectivity index (χ0) is 20.1. The second-order valence-corrected chi connectivity index (χ2v) is 8.56. The first kappa shape index (κ1) is 20.9. The number of nitriles is 1. The topological polar surface area (TPSA) is 49.6 Å². The van der Waals surface area contributed by atoms with Crippen molar-refractivity contribution in [2.45, 2.75) is 26.7 Å². The lowest BCUT2D eigenvalue weighted by molar-refractivity contribution is 0.300. The molecule has 1 aromatic rings. The van der Waals surface area contributed by atoms with E-state index in [4.69, 9.17) is 4.98 Å². The van der Waals surface area contributed by atoms with Crippen LogP contribution in [0.2, 0.25) is 0 Å². The minimum Gasteiger partial charge on any atom is -0.356 e. The lowest BCUT2D eigenvalue weighted by Gasteiger charge is -2.24. The van der Waals surface area contributed by atoms with Gasteiger partial charge in [0.1, 0.15) is 17.7 Å². The Bertz CT molecular complexity index is 684. The molecular weight excluding hydrogens is 348 g/mol. The number of nitrogens with zero attached hydrogens (tertiary/aromatic N) is 6. The largest absolute Gasteiger partial charge is 0.356 e. The van der Waals surface area contributed by atoms with Gasteiger partial charge in [-0.25, -0.2) is 4.98 Å². The maximum Gasteiger partial charge on any atom is 0.148 e. The van der Waals surface area contributed by atoms with Crippen molar-refractivity contribution in [3.8, 4) is 6.07 Å². The predicted octanol–water partition coefficient (Wildman–Crippen LogP) is 2.51. The molecule has 0 unspecified atom stereocenters. The van der Waals surface area contributed by atoms with Crippen molar-refractivity contribution in [3.05, 3.63) is 17.7 Å². The Balaban J connectivity index is 1.69. The Morgan fingerprint density at radius 3 is 2.14 bits per heavy atom. The molecule has 6 nitrogen and oxygen atoms in total. The maximum atomic E-state index is 9.61. The van der Waals surface area contributed by atoms with Gasteiger partial charge in [0, 0.05) is 39.3 Å². The number of rotatable bonds is 8. The van der Waals surface area contributed by atoms with Crippen LogP contribution >= 0.6 is 0 Å². The normalized spacial score (nSPS) is 22.5. The summed E-state index contributed by atoms with van der Waals surface area (Å²) in [5.74, 6) is 3.27. The van der Waals surface area contributed by atoms with Crippen LogP contribution in [0.15, 0.2) is 12.1 Å². The predicted molar refractivity (Wildman–Crippen MR) is 116 cm³/mol. The van der Waals surface area contributed by atoms with Gasteiger partial charge in [-0.3, -0.25) is 0 Å². The lowest BCUT2D eigenvalue weighted by Crippen LogP contribution is -2.30. The highest BCUT2D eigenvalue weighted by Gasteiger charge is 2.28. The zero-order valence-electron chi connectivity index (χ0n) is 18.1. The van der Waals surface area contributed by atoms with E-state index >= 15 is 0 Å². The Morgan fingerprint density at radius 2 is 1.57 bits per heavy atom. The van der Waals surface area contributed by atoms with Crippen LogP contribution in [-0.4, -0.2) is 81.2 Å². The molecule has 6 heteroatoms. The Hall–Kier alpha value is -1.84. The third-order valence-electron chi connectivity index (χ3n) is 6.40. The second kappa shape index (κ2) is 9.58. The SMILES string of the molecule is CCN(C)C[C@H]1CCN(c2ccc(C#N)c(N3CC[C@H](CN(C)CC)C3)n2)C1. The quantitative estimate of drug-likeness (QED) is 0.686. The van der Waals surface area contributed by atoms with E-state index in [0.29, 0.717) is 17.4 Å². The Morgan fingerprint density at radius 1 is 1.00 bits per heavy atom. The van der Waals surface area contributed by atoms with E-state index in [2.05, 4.69) is 53.6 Å². The van der Waals surface area contributed by atoms with E-state index < -0.39 is 0 Å². The Labute approximate surface area is 170 Å². The summed E-state index contributed by atoms with van der Waals surface area (Å²) in [5.41, 5.74) is 0.703. The van der Waals surface area contributed by atoms with E-state index in [-0.39, 0.29) is 0 Å². The van der Waals surface area contributed by atoms with Crippen molar-refractivity contribution in [3.63, 3.8) is 0 Å². The van der Waals surface area contributed by atoms with Crippen molar-refractivity contribution in [1.29, 1.82) is 5.26 Å². The molecule has 28 heavy (non-hydrogen) atoms. The molecule has 0 aliphatic carbocycles. The van der Waals surface area contributed by atoms with Crippen molar-refractivity contribution >= 4 is 11.6 Å². The highest BCUT2D eigenvalue weighted by Crippen LogP contribution is 2.30. The van der Waals surface area contributed by atoms with Gasteiger partial charge in [-0.1, -0.05) is 13.8 Å². The van der Waals surface area contributed by atoms with E-state index in [9.17, 15) is 5.26 Å². The molecule has 1 aromatic heterocycles. The van der Waals surface area contributed by atoms with Gasteiger partial charge < -0.3 is 19.6 Å². The van der Waals surface area contributed by atoms with Crippen LogP contribution in [0.1, 0.15) is 32.3 Å². The van der Waals surface area contributed by atoms with Gasteiger partial charge in [-0.05, 0) is 64.0 Å². The van der Waals surface area contributed by atoms with Gasteiger partial charge in [0.25, 0.3) is 0 Å². The van der Waals surface area contributed by atoms with E-state index in [0.717, 1.165) is 64.0 Å². The number of anilines is 2.